The van der Waals surface area contributed by atoms with Gasteiger partial charge in [-0.3, -0.25) is 9.59 Å². The van der Waals surface area contributed by atoms with Crippen LogP contribution in [0.2, 0.25) is 5.02 Å². The van der Waals surface area contributed by atoms with Gasteiger partial charge in [-0.2, -0.15) is 0 Å². The molecule has 160 valence electrons. The summed E-state index contributed by atoms with van der Waals surface area (Å²) in [6.07, 6.45) is 0. The molecule has 0 spiro atoms. The van der Waals surface area contributed by atoms with Gasteiger partial charge < -0.3 is 15.7 Å². The molecule has 2 amide bonds. The summed E-state index contributed by atoms with van der Waals surface area (Å²) in [4.78, 5) is 37.1. The van der Waals surface area contributed by atoms with E-state index in [1.165, 1.54) is 23.5 Å². The molecule has 3 aromatic carbocycles. The molecule has 1 heterocycles. The Bertz CT molecular complexity index is 1330. The van der Waals surface area contributed by atoms with Crippen molar-refractivity contribution in [1.82, 2.24) is 5.32 Å². The van der Waals surface area contributed by atoms with E-state index in [0.717, 1.165) is 10.1 Å². The van der Waals surface area contributed by atoms with Gasteiger partial charge in [0, 0.05) is 22.2 Å². The van der Waals surface area contributed by atoms with Crippen LogP contribution < -0.4 is 10.6 Å². The third-order valence-electron chi connectivity index (χ3n) is 4.79. The Kier molecular flexibility index (Phi) is 6.20. The molecule has 32 heavy (non-hydrogen) atoms. The molecule has 4 aromatic rings. The lowest BCUT2D eigenvalue weighted by Crippen LogP contribution is -2.23. The number of carbonyl (C=O) groups is 3. The summed E-state index contributed by atoms with van der Waals surface area (Å²) in [7, 11) is 0. The highest BCUT2D eigenvalue weighted by Gasteiger charge is 2.20. The molecule has 0 fully saturated rings. The molecule has 0 aliphatic carbocycles. The summed E-state index contributed by atoms with van der Waals surface area (Å²) in [5, 5.41) is 16.1. The lowest BCUT2D eigenvalue weighted by atomic mass is 10.1. The molecule has 1 aromatic heterocycles. The number of hydrogen-bond acceptors (Lipinski definition) is 4. The van der Waals surface area contributed by atoms with E-state index in [-0.39, 0.29) is 23.7 Å². The van der Waals surface area contributed by atoms with Gasteiger partial charge in [-0.1, -0.05) is 54.1 Å². The molecule has 0 radical (unpaired) electrons. The molecule has 0 aliphatic heterocycles. The van der Waals surface area contributed by atoms with E-state index in [1.54, 1.807) is 30.3 Å². The van der Waals surface area contributed by atoms with Gasteiger partial charge in [-0.25, -0.2) is 4.79 Å². The van der Waals surface area contributed by atoms with Gasteiger partial charge in [0.25, 0.3) is 11.8 Å². The van der Waals surface area contributed by atoms with Crippen molar-refractivity contribution in [2.75, 3.05) is 5.32 Å². The number of halogens is 1. The summed E-state index contributed by atoms with van der Waals surface area (Å²) in [6, 6.07) is 20.6. The fourth-order valence-corrected chi connectivity index (χ4v) is 4.62. The largest absolute Gasteiger partial charge is 0.478 e. The maximum Gasteiger partial charge on any atom is 0.337 e. The average Bonchev–Trinajstić information content (AvgIpc) is 3.15. The predicted molar refractivity (Wildman–Crippen MR) is 126 cm³/mol. The Morgan fingerprint density at radius 2 is 1.62 bits per heavy atom. The number of amides is 2. The van der Waals surface area contributed by atoms with Crippen LogP contribution in [-0.2, 0) is 6.54 Å². The third-order valence-corrected chi connectivity index (χ3v) is 6.47. The molecule has 3 N–H and O–H groups in total. The highest BCUT2D eigenvalue weighted by molar-refractivity contribution is 7.21. The van der Waals surface area contributed by atoms with Crippen molar-refractivity contribution in [2.45, 2.75) is 6.54 Å². The molecular formula is C24H17ClN2O4S. The molecule has 0 aliphatic rings. The van der Waals surface area contributed by atoms with Gasteiger partial charge in [0.1, 0.15) is 4.88 Å². The number of carboxylic acid groups (broad SMARTS) is 1. The van der Waals surface area contributed by atoms with Crippen LogP contribution in [0.5, 0.6) is 0 Å². The normalized spacial score (nSPS) is 10.7. The Balaban J connectivity index is 1.56. The van der Waals surface area contributed by atoms with Crippen LogP contribution in [0, 0.1) is 0 Å². The molecule has 0 unspecified atom stereocenters. The van der Waals surface area contributed by atoms with Crippen LogP contribution in [0.25, 0.3) is 10.1 Å². The first kappa shape index (κ1) is 21.5. The van der Waals surface area contributed by atoms with Gasteiger partial charge in [-0.05, 0) is 35.9 Å². The van der Waals surface area contributed by atoms with E-state index in [0.29, 0.717) is 21.0 Å². The van der Waals surface area contributed by atoms with Gasteiger partial charge in [-0.15, -0.1) is 11.3 Å². The maximum absolute atomic E-state index is 12.9. The Morgan fingerprint density at radius 3 is 2.34 bits per heavy atom. The standard InChI is InChI=1S/C24H17ClN2O4S/c25-20-17-8-4-5-9-19(17)32-21(20)23(29)27-18-12-14(10-11-16(18)24(30)31)13-26-22(28)15-6-2-1-3-7-15/h1-12H,13H2,(H,26,28)(H,27,29)(H,30,31). The Labute approximate surface area is 192 Å². The van der Waals surface area contributed by atoms with E-state index >= 15 is 0 Å². The number of fused-ring (bicyclic) bond motifs is 1. The van der Waals surface area contributed by atoms with Crippen molar-refractivity contribution in [3.63, 3.8) is 0 Å². The van der Waals surface area contributed by atoms with Crippen LogP contribution in [-0.4, -0.2) is 22.9 Å². The quantitative estimate of drug-likeness (QED) is 0.354. The summed E-state index contributed by atoms with van der Waals surface area (Å²) in [5.41, 5.74) is 1.22. The van der Waals surface area contributed by atoms with Crippen molar-refractivity contribution >= 4 is 56.5 Å². The number of carboxylic acids is 1. The van der Waals surface area contributed by atoms with Crippen molar-refractivity contribution in [2.24, 2.45) is 0 Å². The molecule has 0 bridgehead atoms. The fraction of sp³-hybridized carbons (Fsp3) is 0.0417. The van der Waals surface area contributed by atoms with Crippen molar-refractivity contribution < 1.29 is 19.5 Å². The van der Waals surface area contributed by atoms with Crippen molar-refractivity contribution in [3.05, 3.63) is 99.4 Å². The van der Waals surface area contributed by atoms with Crippen molar-refractivity contribution in [1.29, 1.82) is 0 Å². The van der Waals surface area contributed by atoms with Crippen molar-refractivity contribution in [3.8, 4) is 0 Å². The monoisotopic (exact) mass is 464 g/mol. The maximum atomic E-state index is 12.9. The number of hydrogen-bond donors (Lipinski definition) is 3. The Hall–Kier alpha value is -3.68. The summed E-state index contributed by atoms with van der Waals surface area (Å²) >= 11 is 7.61. The second-order valence-electron chi connectivity index (χ2n) is 6.93. The number of thiophene rings is 1. The number of anilines is 1. The van der Waals surface area contributed by atoms with Crippen LogP contribution in [0.3, 0.4) is 0 Å². The fourth-order valence-electron chi connectivity index (χ4n) is 3.20. The van der Waals surface area contributed by atoms with Crippen LogP contribution >= 0.6 is 22.9 Å². The third kappa shape index (κ3) is 4.49. The number of aromatic carboxylic acids is 1. The number of nitrogens with one attached hydrogen (secondary N) is 2. The van der Waals surface area contributed by atoms with Crippen LogP contribution in [0.1, 0.15) is 36.0 Å². The average molecular weight is 465 g/mol. The van der Waals surface area contributed by atoms with E-state index in [4.69, 9.17) is 11.6 Å². The van der Waals surface area contributed by atoms with Crippen LogP contribution in [0.15, 0.2) is 72.8 Å². The first-order chi connectivity index (χ1) is 15.4. The van der Waals surface area contributed by atoms with Gasteiger partial charge in [0.15, 0.2) is 0 Å². The Morgan fingerprint density at radius 1 is 0.906 bits per heavy atom. The van der Waals surface area contributed by atoms with Gasteiger partial charge >= 0.3 is 5.97 Å². The van der Waals surface area contributed by atoms with E-state index in [9.17, 15) is 19.5 Å². The SMILES string of the molecule is O=C(NCc1ccc(C(=O)O)c(NC(=O)c2sc3ccccc3c2Cl)c1)c1ccccc1. The highest BCUT2D eigenvalue weighted by Crippen LogP contribution is 2.35. The minimum Gasteiger partial charge on any atom is -0.478 e. The molecular weight excluding hydrogens is 448 g/mol. The molecule has 4 rings (SSSR count). The van der Waals surface area contributed by atoms with Crippen LogP contribution in [0.4, 0.5) is 5.69 Å². The molecule has 8 heteroatoms. The highest BCUT2D eigenvalue weighted by atomic mass is 35.5. The second-order valence-corrected chi connectivity index (χ2v) is 8.36. The lowest BCUT2D eigenvalue weighted by Gasteiger charge is -2.11. The topological polar surface area (TPSA) is 95.5 Å². The van der Waals surface area contributed by atoms with Gasteiger partial charge in [0.05, 0.1) is 16.3 Å². The van der Waals surface area contributed by atoms with E-state index in [2.05, 4.69) is 10.6 Å². The zero-order valence-electron chi connectivity index (χ0n) is 16.6. The smallest absolute Gasteiger partial charge is 0.337 e. The predicted octanol–water partition coefficient (Wildman–Crippen LogP) is 5.44. The molecule has 0 saturated heterocycles. The first-order valence-corrected chi connectivity index (χ1v) is 10.8. The summed E-state index contributed by atoms with van der Waals surface area (Å²) in [5.74, 6) is -1.93. The summed E-state index contributed by atoms with van der Waals surface area (Å²) in [6.45, 7) is 0.167. The van der Waals surface area contributed by atoms with Gasteiger partial charge in [0.2, 0.25) is 0 Å². The molecule has 6 nitrogen and oxygen atoms in total. The minimum atomic E-state index is -1.18. The number of carbonyl (C=O) groups excluding carboxylic acids is 2. The number of benzene rings is 3. The zero-order chi connectivity index (χ0) is 22.7. The molecule has 0 saturated carbocycles. The van der Waals surface area contributed by atoms with E-state index < -0.39 is 11.9 Å². The minimum absolute atomic E-state index is 0.0614. The number of rotatable bonds is 6. The molecule has 0 atom stereocenters. The summed E-state index contributed by atoms with van der Waals surface area (Å²) < 4.78 is 0.860. The zero-order valence-corrected chi connectivity index (χ0v) is 18.2. The second kappa shape index (κ2) is 9.21. The first-order valence-electron chi connectivity index (χ1n) is 9.62. The lowest BCUT2D eigenvalue weighted by molar-refractivity contribution is 0.0697. The van der Waals surface area contributed by atoms with E-state index in [1.807, 2.05) is 30.3 Å².